The summed E-state index contributed by atoms with van der Waals surface area (Å²) in [7, 11) is 1.94. The second-order valence-electron chi connectivity index (χ2n) is 4.98. The third-order valence-electron chi connectivity index (χ3n) is 3.59. The number of amides is 1. The highest BCUT2D eigenvalue weighted by atomic mass is 32.2. The first-order valence-electron chi connectivity index (χ1n) is 6.79. The number of rotatable bonds is 5. The molecule has 1 aliphatic rings. The SMILES string of the molecule is CNC[C@@H]1CCCN1C(=O)c1ccc(CSC)cc1. The van der Waals surface area contributed by atoms with Gasteiger partial charge in [0.05, 0.1) is 0 Å². The highest BCUT2D eigenvalue weighted by Crippen LogP contribution is 2.20. The number of likely N-dealkylation sites (tertiary alicyclic amines) is 1. The van der Waals surface area contributed by atoms with Crippen LogP contribution in [0.25, 0.3) is 0 Å². The number of carbonyl (C=O) groups is 1. The van der Waals surface area contributed by atoms with Gasteiger partial charge in [0.25, 0.3) is 5.91 Å². The summed E-state index contributed by atoms with van der Waals surface area (Å²) in [5.41, 5.74) is 2.09. The highest BCUT2D eigenvalue weighted by molar-refractivity contribution is 7.97. The second kappa shape index (κ2) is 6.96. The maximum atomic E-state index is 12.5. The van der Waals surface area contributed by atoms with Crippen LogP contribution in [0, 0.1) is 0 Å². The summed E-state index contributed by atoms with van der Waals surface area (Å²) in [5, 5.41) is 3.18. The van der Waals surface area contributed by atoms with Crippen LogP contribution in [0.5, 0.6) is 0 Å². The second-order valence-corrected chi connectivity index (χ2v) is 5.85. The van der Waals surface area contributed by atoms with E-state index in [2.05, 4.69) is 23.7 Å². The summed E-state index contributed by atoms with van der Waals surface area (Å²) in [5.74, 6) is 1.18. The minimum atomic E-state index is 0.174. The van der Waals surface area contributed by atoms with Crippen molar-refractivity contribution in [2.24, 2.45) is 0 Å². The van der Waals surface area contributed by atoms with Crippen LogP contribution in [-0.2, 0) is 5.75 Å². The normalized spacial score (nSPS) is 18.8. The Labute approximate surface area is 119 Å². The van der Waals surface area contributed by atoms with Crippen molar-refractivity contribution in [3.8, 4) is 0 Å². The summed E-state index contributed by atoms with van der Waals surface area (Å²) >= 11 is 1.80. The van der Waals surface area contributed by atoms with Gasteiger partial charge in [0.1, 0.15) is 0 Å². The van der Waals surface area contributed by atoms with Crippen LogP contribution < -0.4 is 5.32 Å². The number of likely N-dealkylation sites (N-methyl/N-ethyl adjacent to an activating group) is 1. The lowest BCUT2D eigenvalue weighted by Crippen LogP contribution is -2.40. The molecule has 1 aromatic rings. The average Bonchev–Trinajstić information content (AvgIpc) is 2.88. The maximum absolute atomic E-state index is 12.5. The lowest BCUT2D eigenvalue weighted by atomic mass is 10.1. The molecule has 0 bridgehead atoms. The molecule has 2 rings (SSSR count). The molecule has 19 heavy (non-hydrogen) atoms. The summed E-state index contributed by atoms with van der Waals surface area (Å²) < 4.78 is 0. The molecule has 1 N–H and O–H groups in total. The molecule has 4 heteroatoms. The first kappa shape index (κ1) is 14.4. The summed E-state index contributed by atoms with van der Waals surface area (Å²) in [6.45, 7) is 1.77. The van der Waals surface area contributed by atoms with E-state index in [1.165, 1.54) is 5.56 Å². The van der Waals surface area contributed by atoms with E-state index in [9.17, 15) is 4.79 Å². The molecule has 0 unspecified atom stereocenters. The number of hydrogen-bond acceptors (Lipinski definition) is 3. The lowest BCUT2D eigenvalue weighted by molar-refractivity contribution is 0.0737. The van der Waals surface area contributed by atoms with E-state index >= 15 is 0 Å². The van der Waals surface area contributed by atoms with Gasteiger partial charge in [-0.15, -0.1) is 0 Å². The van der Waals surface area contributed by atoms with Crippen molar-refractivity contribution in [2.75, 3.05) is 26.4 Å². The minimum absolute atomic E-state index is 0.174. The Morgan fingerprint density at radius 1 is 1.42 bits per heavy atom. The number of benzene rings is 1. The monoisotopic (exact) mass is 278 g/mol. The van der Waals surface area contributed by atoms with Gasteiger partial charge in [-0.3, -0.25) is 4.79 Å². The predicted molar refractivity (Wildman–Crippen MR) is 81.6 cm³/mol. The Balaban J connectivity index is 2.06. The van der Waals surface area contributed by atoms with E-state index in [0.717, 1.165) is 37.2 Å². The van der Waals surface area contributed by atoms with Crippen molar-refractivity contribution in [1.82, 2.24) is 10.2 Å². The van der Waals surface area contributed by atoms with E-state index in [4.69, 9.17) is 0 Å². The van der Waals surface area contributed by atoms with Gasteiger partial charge < -0.3 is 10.2 Å². The Hall–Kier alpha value is -1.00. The van der Waals surface area contributed by atoms with E-state index in [1.807, 2.05) is 24.1 Å². The van der Waals surface area contributed by atoms with Gasteiger partial charge in [-0.1, -0.05) is 12.1 Å². The van der Waals surface area contributed by atoms with E-state index in [-0.39, 0.29) is 5.91 Å². The zero-order valence-electron chi connectivity index (χ0n) is 11.7. The molecule has 1 heterocycles. The van der Waals surface area contributed by atoms with Crippen LogP contribution in [-0.4, -0.2) is 43.2 Å². The van der Waals surface area contributed by atoms with E-state index in [0.29, 0.717) is 6.04 Å². The molecule has 1 aliphatic heterocycles. The van der Waals surface area contributed by atoms with Gasteiger partial charge in [0.2, 0.25) is 0 Å². The number of nitrogens with zero attached hydrogens (tertiary/aromatic N) is 1. The van der Waals surface area contributed by atoms with Crippen molar-refractivity contribution in [1.29, 1.82) is 0 Å². The zero-order valence-corrected chi connectivity index (χ0v) is 12.5. The number of nitrogens with one attached hydrogen (secondary N) is 1. The Morgan fingerprint density at radius 3 is 2.79 bits per heavy atom. The van der Waals surface area contributed by atoms with E-state index in [1.54, 1.807) is 11.8 Å². The predicted octanol–water partition coefficient (Wildman–Crippen LogP) is 2.37. The molecular weight excluding hydrogens is 256 g/mol. The summed E-state index contributed by atoms with van der Waals surface area (Å²) in [6.07, 6.45) is 4.31. The average molecular weight is 278 g/mol. The molecule has 1 atom stereocenters. The molecule has 0 radical (unpaired) electrons. The lowest BCUT2D eigenvalue weighted by Gasteiger charge is -2.24. The Kier molecular flexibility index (Phi) is 5.28. The van der Waals surface area contributed by atoms with Gasteiger partial charge in [0.15, 0.2) is 0 Å². The highest BCUT2D eigenvalue weighted by Gasteiger charge is 2.28. The largest absolute Gasteiger partial charge is 0.334 e. The van der Waals surface area contributed by atoms with Gasteiger partial charge in [-0.2, -0.15) is 11.8 Å². The smallest absolute Gasteiger partial charge is 0.254 e. The molecule has 0 spiro atoms. The number of hydrogen-bond donors (Lipinski definition) is 1. The molecule has 0 aliphatic carbocycles. The zero-order chi connectivity index (χ0) is 13.7. The molecule has 1 aromatic carbocycles. The fourth-order valence-corrected chi connectivity index (χ4v) is 3.15. The molecule has 0 aromatic heterocycles. The van der Waals surface area contributed by atoms with Crippen LogP contribution in [0.4, 0.5) is 0 Å². The standard InChI is InChI=1S/C15H22N2OS/c1-16-10-14-4-3-9-17(14)15(18)13-7-5-12(6-8-13)11-19-2/h5-8,14,16H,3-4,9-11H2,1-2H3/t14-/m0/s1. The fourth-order valence-electron chi connectivity index (χ4n) is 2.63. The molecule has 3 nitrogen and oxygen atoms in total. The topological polar surface area (TPSA) is 32.3 Å². The third-order valence-corrected chi connectivity index (χ3v) is 4.21. The van der Waals surface area contributed by atoms with Gasteiger partial charge >= 0.3 is 0 Å². The van der Waals surface area contributed by atoms with Crippen molar-refractivity contribution >= 4 is 17.7 Å². The van der Waals surface area contributed by atoms with Crippen molar-refractivity contribution < 1.29 is 4.79 Å². The van der Waals surface area contributed by atoms with Crippen molar-refractivity contribution in [2.45, 2.75) is 24.6 Å². The first-order chi connectivity index (χ1) is 9.26. The molecule has 1 fully saturated rings. The summed E-state index contributed by atoms with van der Waals surface area (Å²) in [4.78, 5) is 14.5. The molecule has 0 saturated carbocycles. The summed E-state index contributed by atoms with van der Waals surface area (Å²) in [6, 6.07) is 8.40. The van der Waals surface area contributed by atoms with Gasteiger partial charge in [0, 0.05) is 30.4 Å². The Morgan fingerprint density at radius 2 is 2.16 bits per heavy atom. The minimum Gasteiger partial charge on any atom is -0.334 e. The van der Waals surface area contributed by atoms with Crippen LogP contribution >= 0.6 is 11.8 Å². The van der Waals surface area contributed by atoms with Gasteiger partial charge in [-0.25, -0.2) is 0 Å². The van der Waals surface area contributed by atoms with Crippen LogP contribution in [0.15, 0.2) is 24.3 Å². The quantitative estimate of drug-likeness (QED) is 0.897. The third kappa shape index (κ3) is 3.51. The van der Waals surface area contributed by atoms with Crippen LogP contribution in [0.3, 0.4) is 0 Å². The fraction of sp³-hybridized carbons (Fsp3) is 0.533. The number of thioether (sulfide) groups is 1. The van der Waals surface area contributed by atoms with Crippen molar-refractivity contribution in [3.05, 3.63) is 35.4 Å². The molecular formula is C15H22N2OS. The van der Waals surface area contributed by atoms with Crippen molar-refractivity contribution in [3.63, 3.8) is 0 Å². The molecule has 1 amide bonds. The maximum Gasteiger partial charge on any atom is 0.254 e. The Bertz CT molecular complexity index is 419. The van der Waals surface area contributed by atoms with E-state index < -0.39 is 0 Å². The first-order valence-corrected chi connectivity index (χ1v) is 8.19. The molecule has 1 saturated heterocycles. The van der Waals surface area contributed by atoms with Crippen LogP contribution in [0.1, 0.15) is 28.8 Å². The molecule has 104 valence electrons. The van der Waals surface area contributed by atoms with Crippen LogP contribution in [0.2, 0.25) is 0 Å². The van der Waals surface area contributed by atoms with Gasteiger partial charge in [-0.05, 0) is 43.8 Å². The number of carbonyl (C=O) groups excluding carboxylic acids is 1.